The molecular formula is C14H20N3O2S+. The Labute approximate surface area is 122 Å². The van der Waals surface area contributed by atoms with E-state index in [4.69, 9.17) is 0 Å². The lowest BCUT2D eigenvalue weighted by atomic mass is 10.1. The molecule has 2 aliphatic heterocycles. The van der Waals surface area contributed by atoms with Crippen molar-refractivity contribution in [3.05, 3.63) is 22.4 Å². The second-order valence-electron chi connectivity index (χ2n) is 5.48. The first kappa shape index (κ1) is 13.6. The highest BCUT2D eigenvalue weighted by atomic mass is 32.1. The number of nitrogens with one attached hydrogen (secondary N) is 2. The van der Waals surface area contributed by atoms with Crippen LogP contribution in [0.4, 0.5) is 4.79 Å². The Hall–Kier alpha value is -1.40. The number of urea groups is 1. The van der Waals surface area contributed by atoms with Crippen LogP contribution < -0.4 is 10.2 Å². The number of nitrogens with zero attached hydrogens (tertiary/aromatic N) is 1. The summed E-state index contributed by atoms with van der Waals surface area (Å²) in [6, 6.07) is 4.22. The molecule has 0 aliphatic carbocycles. The average molecular weight is 294 g/mol. The normalized spacial score (nSPS) is 27.6. The van der Waals surface area contributed by atoms with Gasteiger partial charge in [0.05, 0.1) is 11.4 Å². The van der Waals surface area contributed by atoms with E-state index in [1.54, 1.807) is 11.3 Å². The summed E-state index contributed by atoms with van der Waals surface area (Å²) in [5.41, 5.74) is 0. The van der Waals surface area contributed by atoms with E-state index in [2.05, 4.69) is 22.8 Å². The van der Waals surface area contributed by atoms with E-state index in [9.17, 15) is 9.59 Å². The van der Waals surface area contributed by atoms with Crippen LogP contribution in [0, 0.1) is 0 Å². The zero-order valence-electron chi connectivity index (χ0n) is 11.6. The van der Waals surface area contributed by atoms with Gasteiger partial charge in [0.25, 0.3) is 5.91 Å². The van der Waals surface area contributed by atoms with E-state index >= 15 is 0 Å². The number of hydrogen-bond donors (Lipinski definition) is 2. The quantitative estimate of drug-likeness (QED) is 0.848. The highest BCUT2D eigenvalue weighted by molar-refractivity contribution is 7.10. The molecule has 3 heterocycles. The van der Waals surface area contributed by atoms with Gasteiger partial charge in [0.1, 0.15) is 6.04 Å². The molecule has 0 aromatic carbocycles. The fourth-order valence-electron chi connectivity index (χ4n) is 3.28. The van der Waals surface area contributed by atoms with Crippen molar-refractivity contribution in [3.8, 4) is 0 Å². The Morgan fingerprint density at radius 3 is 3.10 bits per heavy atom. The average Bonchev–Trinajstić information content (AvgIpc) is 3.17. The molecule has 0 bridgehead atoms. The van der Waals surface area contributed by atoms with Crippen molar-refractivity contribution in [3.63, 3.8) is 0 Å². The Kier molecular flexibility index (Phi) is 3.76. The third-order valence-corrected chi connectivity index (χ3v) is 5.33. The minimum absolute atomic E-state index is 0.0431. The van der Waals surface area contributed by atoms with Crippen molar-refractivity contribution in [2.24, 2.45) is 0 Å². The summed E-state index contributed by atoms with van der Waals surface area (Å²) in [6.07, 6.45) is 2.27. The molecule has 2 N–H and O–H groups in total. The molecule has 1 aromatic rings. The van der Waals surface area contributed by atoms with Crippen LogP contribution in [0.25, 0.3) is 0 Å². The zero-order chi connectivity index (χ0) is 14.1. The van der Waals surface area contributed by atoms with Gasteiger partial charge in [0.15, 0.2) is 6.04 Å². The maximum atomic E-state index is 12.5. The molecule has 3 atom stereocenters. The first-order chi connectivity index (χ1) is 9.68. The third kappa shape index (κ3) is 2.33. The molecule has 0 spiro atoms. The minimum atomic E-state index is -0.242. The summed E-state index contributed by atoms with van der Waals surface area (Å²) < 4.78 is 0. The van der Waals surface area contributed by atoms with Crippen LogP contribution in [-0.4, -0.2) is 42.5 Å². The predicted molar refractivity (Wildman–Crippen MR) is 76.7 cm³/mol. The number of quaternary nitrogens is 1. The second-order valence-corrected chi connectivity index (χ2v) is 6.46. The summed E-state index contributed by atoms with van der Waals surface area (Å²) >= 11 is 1.76. The van der Waals surface area contributed by atoms with Gasteiger partial charge in [-0.05, 0) is 18.4 Å². The number of carbonyl (C=O) groups excluding carboxylic acids is 2. The largest absolute Gasteiger partial charge is 0.336 e. The summed E-state index contributed by atoms with van der Waals surface area (Å²) in [5, 5.41) is 4.78. The monoisotopic (exact) mass is 294 g/mol. The Morgan fingerprint density at radius 2 is 2.45 bits per heavy atom. The zero-order valence-corrected chi connectivity index (χ0v) is 12.4. The van der Waals surface area contributed by atoms with Gasteiger partial charge in [-0.15, -0.1) is 11.3 Å². The first-order valence-electron chi connectivity index (χ1n) is 7.16. The molecule has 1 aromatic heterocycles. The van der Waals surface area contributed by atoms with Crippen molar-refractivity contribution in [2.45, 2.75) is 31.8 Å². The molecule has 20 heavy (non-hydrogen) atoms. The highest BCUT2D eigenvalue weighted by Crippen LogP contribution is 2.24. The lowest BCUT2D eigenvalue weighted by Crippen LogP contribution is -3.15. The van der Waals surface area contributed by atoms with Crippen LogP contribution >= 0.6 is 11.3 Å². The molecule has 2 fully saturated rings. The van der Waals surface area contributed by atoms with Crippen molar-refractivity contribution < 1.29 is 14.5 Å². The Morgan fingerprint density at radius 1 is 1.60 bits per heavy atom. The molecule has 1 unspecified atom stereocenters. The van der Waals surface area contributed by atoms with E-state index in [-0.39, 0.29) is 18.0 Å². The number of thiophene rings is 1. The summed E-state index contributed by atoms with van der Waals surface area (Å²) in [6.45, 7) is 4.03. The van der Waals surface area contributed by atoms with Gasteiger partial charge in [-0.2, -0.15) is 0 Å². The van der Waals surface area contributed by atoms with Gasteiger partial charge in [0, 0.05) is 25.9 Å². The molecule has 3 rings (SSSR count). The molecule has 2 aliphatic rings. The van der Waals surface area contributed by atoms with Crippen LogP contribution in [-0.2, 0) is 4.79 Å². The topological polar surface area (TPSA) is 53.9 Å². The fraction of sp³-hybridized carbons (Fsp3) is 0.571. The first-order valence-corrected chi connectivity index (χ1v) is 8.04. The van der Waals surface area contributed by atoms with E-state index in [1.165, 1.54) is 14.7 Å². The van der Waals surface area contributed by atoms with Crippen LogP contribution in [0.2, 0.25) is 0 Å². The lowest BCUT2D eigenvalue weighted by Gasteiger charge is -2.28. The second kappa shape index (κ2) is 5.54. The smallest absolute Gasteiger partial charge is 0.324 e. The number of amides is 3. The predicted octanol–water partition coefficient (Wildman–Crippen LogP) is 0.408. The van der Waals surface area contributed by atoms with Gasteiger partial charge < -0.3 is 10.2 Å². The van der Waals surface area contributed by atoms with Gasteiger partial charge in [-0.3, -0.25) is 9.69 Å². The summed E-state index contributed by atoms with van der Waals surface area (Å²) in [5.74, 6) is -0.0431. The van der Waals surface area contributed by atoms with E-state index in [0.717, 1.165) is 19.4 Å². The SMILES string of the molecule is C[C@@H](C(=O)N1CCNC1=O)[NH+]1CCC[C@@H]1c1cccs1. The van der Waals surface area contributed by atoms with E-state index < -0.39 is 0 Å². The van der Waals surface area contributed by atoms with Gasteiger partial charge in [-0.25, -0.2) is 4.79 Å². The maximum absolute atomic E-state index is 12.5. The van der Waals surface area contributed by atoms with Crippen molar-refractivity contribution >= 4 is 23.3 Å². The van der Waals surface area contributed by atoms with E-state index in [0.29, 0.717) is 19.1 Å². The van der Waals surface area contributed by atoms with Crippen LogP contribution in [0.5, 0.6) is 0 Å². The standard InChI is InChI=1S/C14H19N3O2S/c1-10(13(18)17-8-6-15-14(17)19)16-7-2-4-11(16)12-5-3-9-20-12/h3,5,9-11H,2,4,6-8H2,1H3,(H,15,19)/p+1/t10-,11+/m0/s1. The van der Waals surface area contributed by atoms with Crippen molar-refractivity contribution in [1.29, 1.82) is 0 Å². The van der Waals surface area contributed by atoms with Crippen molar-refractivity contribution in [1.82, 2.24) is 10.2 Å². The number of carbonyl (C=O) groups is 2. The van der Waals surface area contributed by atoms with Gasteiger partial charge >= 0.3 is 6.03 Å². The Balaban J connectivity index is 1.74. The van der Waals surface area contributed by atoms with Gasteiger partial charge in [0.2, 0.25) is 0 Å². The molecule has 2 saturated heterocycles. The summed E-state index contributed by atoms with van der Waals surface area (Å²) in [7, 11) is 0. The molecule has 5 nitrogen and oxygen atoms in total. The highest BCUT2D eigenvalue weighted by Gasteiger charge is 2.41. The third-order valence-electron chi connectivity index (χ3n) is 4.34. The van der Waals surface area contributed by atoms with Crippen molar-refractivity contribution in [2.75, 3.05) is 19.6 Å². The number of rotatable bonds is 3. The molecule has 3 amide bonds. The fourth-order valence-corrected chi connectivity index (χ4v) is 4.18. The van der Waals surface area contributed by atoms with E-state index in [1.807, 2.05) is 6.92 Å². The van der Waals surface area contributed by atoms with Gasteiger partial charge in [-0.1, -0.05) is 6.07 Å². The minimum Gasteiger partial charge on any atom is -0.336 e. The number of hydrogen-bond acceptors (Lipinski definition) is 3. The summed E-state index contributed by atoms with van der Waals surface area (Å²) in [4.78, 5) is 28.2. The van der Waals surface area contributed by atoms with Crippen LogP contribution in [0.3, 0.4) is 0 Å². The Bertz CT molecular complexity index is 503. The molecule has 0 saturated carbocycles. The number of likely N-dealkylation sites (tertiary alicyclic amines) is 1. The number of imide groups is 1. The molecule has 108 valence electrons. The molecule has 6 heteroatoms. The lowest BCUT2D eigenvalue weighted by molar-refractivity contribution is -0.932. The molecule has 0 radical (unpaired) electrons. The molecular weight excluding hydrogens is 274 g/mol. The van der Waals surface area contributed by atoms with Crippen LogP contribution in [0.1, 0.15) is 30.7 Å². The maximum Gasteiger partial charge on any atom is 0.324 e. The van der Waals surface area contributed by atoms with Crippen LogP contribution in [0.15, 0.2) is 17.5 Å².